The van der Waals surface area contributed by atoms with Gasteiger partial charge in [-0.05, 0) is 56.5 Å². The zero-order valence-corrected chi connectivity index (χ0v) is 15.7. The molecule has 136 valence electrons. The van der Waals surface area contributed by atoms with E-state index >= 15 is 0 Å². The fourth-order valence-corrected chi connectivity index (χ4v) is 4.39. The van der Waals surface area contributed by atoms with Gasteiger partial charge in [-0.3, -0.25) is 0 Å². The van der Waals surface area contributed by atoms with Crippen LogP contribution < -0.4 is 0 Å². The second-order valence-corrected chi connectivity index (χ2v) is 8.42. The summed E-state index contributed by atoms with van der Waals surface area (Å²) in [5, 5.41) is 10.4. The second kappa shape index (κ2) is 10.0. The van der Waals surface area contributed by atoms with Crippen molar-refractivity contribution in [3.8, 4) is 0 Å². The van der Waals surface area contributed by atoms with E-state index in [0.717, 1.165) is 25.6 Å². The van der Waals surface area contributed by atoms with E-state index in [1.165, 1.54) is 51.4 Å². The quantitative estimate of drug-likeness (QED) is 0.798. The largest absolute Gasteiger partial charge is 0.389 e. The van der Waals surface area contributed by atoms with Crippen LogP contribution >= 0.6 is 0 Å². The lowest BCUT2D eigenvalue weighted by Crippen LogP contribution is -2.40. The van der Waals surface area contributed by atoms with E-state index in [2.05, 4.69) is 25.7 Å². The van der Waals surface area contributed by atoms with Crippen molar-refractivity contribution in [3.05, 3.63) is 0 Å². The summed E-state index contributed by atoms with van der Waals surface area (Å²) in [5.41, 5.74) is 0. The first-order valence-corrected chi connectivity index (χ1v) is 10.1. The zero-order valence-electron chi connectivity index (χ0n) is 15.7. The van der Waals surface area contributed by atoms with Gasteiger partial charge in [0.25, 0.3) is 0 Å². The Kier molecular flexibility index (Phi) is 8.35. The van der Waals surface area contributed by atoms with Crippen molar-refractivity contribution in [2.75, 3.05) is 26.2 Å². The van der Waals surface area contributed by atoms with Crippen molar-refractivity contribution in [1.29, 1.82) is 0 Å². The van der Waals surface area contributed by atoms with Crippen molar-refractivity contribution >= 4 is 0 Å². The van der Waals surface area contributed by atoms with Crippen LogP contribution in [0.2, 0.25) is 0 Å². The Balaban J connectivity index is 1.74. The van der Waals surface area contributed by atoms with Crippen molar-refractivity contribution < 1.29 is 9.84 Å². The first kappa shape index (κ1) is 19.2. The highest BCUT2D eigenvalue weighted by atomic mass is 16.5. The molecule has 1 saturated heterocycles. The van der Waals surface area contributed by atoms with Crippen LogP contribution in [0.3, 0.4) is 0 Å². The molecule has 1 heterocycles. The van der Waals surface area contributed by atoms with E-state index in [9.17, 15) is 5.11 Å². The minimum Gasteiger partial charge on any atom is -0.389 e. The summed E-state index contributed by atoms with van der Waals surface area (Å²) in [7, 11) is 0. The molecule has 2 rings (SSSR count). The number of rotatable bonds is 6. The van der Waals surface area contributed by atoms with E-state index in [1.54, 1.807) is 0 Å². The summed E-state index contributed by atoms with van der Waals surface area (Å²) in [5.74, 6) is 2.11. The average molecular weight is 326 g/mol. The molecule has 4 unspecified atom stereocenters. The number of hydrogen-bond donors (Lipinski definition) is 1. The second-order valence-electron chi connectivity index (χ2n) is 8.42. The fourth-order valence-electron chi connectivity index (χ4n) is 4.39. The van der Waals surface area contributed by atoms with Crippen molar-refractivity contribution in [1.82, 2.24) is 4.90 Å². The molecule has 1 aliphatic heterocycles. The summed E-state index contributed by atoms with van der Waals surface area (Å²) in [6, 6.07) is 0. The Bertz CT molecular complexity index is 313. The van der Waals surface area contributed by atoms with Gasteiger partial charge >= 0.3 is 0 Å². The number of aliphatic hydroxyl groups excluding tert-OH is 1. The normalized spacial score (nSPS) is 32.5. The van der Waals surface area contributed by atoms with Gasteiger partial charge in [0, 0.05) is 6.54 Å². The smallest absolute Gasteiger partial charge is 0.0900 e. The van der Waals surface area contributed by atoms with E-state index < -0.39 is 0 Å². The summed E-state index contributed by atoms with van der Waals surface area (Å²) in [6.07, 6.45) is 10.4. The molecule has 23 heavy (non-hydrogen) atoms. The first-order chi connectivity index (χ1) is 11.1. The highest BCUT2D eigenvalue weighted by Crippen LogP contribution is 2.35. The molecule has 0 spiro atoms. The highest BCUT2D eigenvalue weighted by molar-refractivity contribution is 4.82. The molecule has 1 saturated carbocycles. The standard InChI is InChI=1S/C20H39NO2/c1-16(2)19-10-9-17(3)13-20(19)23-15-18(22)14-21-11-7-5-4-6-8-12-21/h16-20,22H,4-15H2,1-3H3. The SMILES string of the molecule is CC1CCC(C(C)C)C(OCC(O)CN2CCCCCCC2)C1. The van der Waals surface area contributed by atoms with Crippen LogP contribution in [-0.4, -0.2) is 48.5 Å². The molecule has 4 atom stereocenters. The summed E-state index contributed by atoms with van der Waals surface area (Å²) >= 11 is 0. The first-order valence-electron chi connectivity index (χ1n) is 10.1. The van der Waals surface area contributed by atoms with Crippen molar-refractivity contribution in [2.24, 2.45) is 17.8 Å². The van der Waals surface area contributed by atoms with Crippen LogP contribution in [0.5, 0.6) is 0 Å². The van der Waals surface area contributed by atoms with Gasteiger partial charge in [0.1, 0.15) is 0 Å². The Morgan fingerprint density at radius 3 is 2.35 bits per heavy atom. The Hall–Kier alpha value is -0.120. The maximum Gasteiger partial charge on any atom is 0.0900 e. The lowest BCUT2D eigenvalue weighted by molar-refractivity contribution is -0.0740. The minimum atomic E-state index is -0.334. The molecule has 0 bridgehead atoms. The Labute approximate surface area is 143 Å². The molecule has 0 aromatic heterocycles. The van der Waals surface area contributed by atoms with Crippen LogP contribution in [0.25, 0.3) is 0 Å². The van der Waals surface area contributed by atoms with Crippen LogP contribution in [0.4, 0.5) is 0 Å². The van der Waals surface area contributed by atoms with Gasteiger partial charge in [0.2, 0.25) is 0 Å². The summed E-state index contributed by atoms with van der Waals surface area (Å²) < 4.78 is 6.21. The third-order valence-electron chi connectivity index (χ3n) is 5.88. The zero-order chi connectivity index (χ0) is 16.7. The van der Waals surface area contributed by atoms with Crippen molar-refractivity contribution in [2.45, 2.75) is 84.3 Å². The van der Waals surface area contributed by atoms with Crippen LogP contribution in [0.1, 0.15) is 72.1 Å². The third kappa shape index (κ3) is 6.72. The maximum absolute atomic E-state index is 10.4. The highest BCUT2D eigenvalue weighted by Gasteiger charge is 2.31. The van der Waals surface area contributed by atoms with Crippen LogP contribution in [0.15, 0.2) is 0 Å². The lowest BCUT2D eigenvalue weighted by Gasteiger charge is -2.37. The third-order valence-corrected chi connectivity index (χ3v) is 5.88. The molecular weight excluding hydrogens is 286 g/mol. The number of hydrogen-bond acceptors (Lipinski definition) is 3. The summed E-state index contributed by atoms with van der Waals surface area (Å²) in [6.45, 7) is 10.6. The molecule has 2 aliphatic rings. The van der Waals surface area contributed by atoms with E-state index in [-0.39, 0.29) is 6.10 Å². The molecule has 0 aromatic rings. The van der Waals surface area contributed by atoms with E-state index in [1.807, 2.05) is 0 Å². The number of aliphatic hydroxyl groups is 1. The minimum absolute atomic E-state index is 0.334. The Morgan fingerprint density at radius 1 is 1.04 bits per heavy atom. The van der Waals surface area contributed by atoms with Gasteiger partial charge in [0.15, 0.2) is 0 Å². The van der Waals surface area contributed by atoms with Crippen LogP contribution in [0, 0.1) is 17.8 Å². The maximum atomic E-state index is 10.4. The molecule has 0 radical (unpaired) electrons. The predicted octanol–water partition coefficient (Wildman–Crippen LogP) is 4.09. The molecule has 0 amide bonds. The molecule has 3 heteroatoms. The van der Waals surface area contributed by atoms with E-state index in [4.69, 9.17) is 4.74 Å². The van der Waals surface area contributed by atoms with Crippen molar-refractivity contribution in [3.63, 3.8) is 0 Å². The lowest BCUT2D eigenvalue weighted by atomic mass is 9.75. The molecular formula is C20H39NO2. The molecule has 0 aromatic carbocycles. The van der Waals surface area contributed by atoms with Crippen LogP contribution in [-0.2, 0) is 4.74 Å². The van der Waals surface area contributed by atoms with Gasteiger partial charge in [0.05, 0.1) is 18.8 Å². The predicted molar refractivity (Wildman–Crippen MR) is 96.6 cm³/mol. The van der Waals surface area contributed by atoms with Gasteiger partial charge in [-0.25, -0.2) is 0 Å². The van der Waals surface area contributed by atoms with Gasteiger partial charge in [-0.2, -0.15) is 0 Å². The molecule has 3 nitrogen and oxygen atoms in total. The molecule has 1 N–H and O–H groups in total. The number of nitrogens with zero attached hydrogens (tertiary/aromatic N) is 1. The molecule has 2 fully saturated rings. The number of likely N-dealkylation sites (tertiary alicyclic amines) is 1. The van der Waals surface area contributed by atoms with Gasteiger partial charge < -0.3 is 14.7 Å². The van der Waals surface area contributed by atoms with E-state index in [0.29, 0.717) is 24.5 Å². The summed E-state index contributed by atoms with van der Waals surface area (Å²) in [4.78, 5) is 2.44. The molecule has 1 aliphatic carbocycles. The topological polar surface area (TPSA) is 32.7 Å². The van der Waals surface area contributed by atoms with Gasteiger partial charge in [-0.1, -0.05) is 46.5 Å². The Morgan fingerprint density at radius 2 is 1.70 bits per heavy atom. The van der Waals surface area contributed by atoms with Gasteiger partial charge in [-0.15, -0.1) is 0 Å². The number of ether oxygens (including phenoxy) is 1. The fraction of sp³-hybridized carbons (Fsp3) is 1.00. The average Bonchev–Trinajstić information content (AvgIpc) is 2.47. The number of β-amino-alcohol motifs (C(OH)–C–C–N with tert-alkyl or cyclic N) is 1. The monoisotopic (exact) mass is 325 g/mol.